The van der Waals surface area contributed by atoms with Gasteiger partial charge in [0, 0.05) is 32.5 Å². The number of likely N-dealkylation sites (tertiary alicyclic amines) is 1. The molecule has 1 fully saturated rings. The molecule has 4 rings (SSSR count). The number of nitrogens with zero attached hydrogens (tertiary/aromatic N) is 5. The number of fused-ring (bicyclic) bond motifs is 1. The molecule has 3 aromatic rings. The van der Waals surface area contributed by atoms with Crippen molar-refractivity contribution in [1.82, 2.24) is 24.0 Å². The molecule has 2 aromatic heterocycles. The molecule has 1 aromatic carbocycles. The van der Waals surface area contributed by atoms with Gasteiger partial charge in [-0.1, -0.05) is 37.3 Å². The number of carbonyl (C=O) groups is 1. The summed E-state index contributed by atoms with van der Waals surface area (Å²) < 4.78 is 2.58. The van der Waals surface area contributed by atoms with Crippen LogP contribution in [0.5, 0.6) is 0 Å². The highest BCUT2D eigenvalue weighted by atomic mass is 16.2. The van der Waals surface area contributed by atoms with Gasteiger partial charge in [0.15, 0.2) is 5.65 Å². The number of carbonyl (C=O) groups excluding carboxylic acids is 1. The topological polar surface area (TPSA) is 73.0 Å². The molecule has 0 N–H and O–H groups in total. The van der Waals surface area contributed by atoms with Crippen LogP contribution in [0, 0.1) is 0 Å². The molecule has 1 saturated heterocycles. The summed E-state index contributed by atoms with van der Waals surface area (Å²) in [6.07, 6.45) is 2.25. The Balaban J connectivity index is 1.65. The van der Waals surface area contributed by atoms with Crippen LogP contribution >= 0.6 is 0 Å². The second-order valence-corrected chi connectivity index (χ2v) is 6.32. The number of aryl methyl sites for hydroxylation is 2. The van der Waals surface area contributed by atoms with Gasteiger partial charge in [0.05, 0.1) is 6.20 Å². The minimum absolute atomic E-state index is 0.316. The van der Waals surface area contributed by atoms with E-state index in [0.29, 0.717) is 42.4 Å². The van der Waals surface area contributed by atoms with Crippen LogP contribution in [-0.4, -0.2) is 43.1 Å². The Bertz CT molecular complexity index is 999. The molecule has 7 nitrogen and oxygen atoms in total. The molecule has 128 valence electrons. The van der Waals surface area contributed by atoms with E-state index >= 15 is 0 Å². The fraction of sp³-hybridized carbons (Fsp3) is 0.333. The lowest BCUT2D eigenvalue weighted by Crippen LogP contribution is -2.52. The maximum absolute atomic E-state index is 12.9. The number of hydrogen-bond acceptors (Lipinski definition) is 4. The molecule has 3 heterocycles. The quantitative estimate of drug-likeness (QED) is 0.714. The van der Waals surface area contributed by atoms with Crippen molar-refractivity contribution in [3.8, 4) is 0 Å². The molecule has 1 aliphatic rings. The van der Waals surface area contributed by atoms with E-state index in [4.69, 9.17) is 0 Å². The van der Waals surface area contributed by atoms with Gasteiger partial charge >= 0.3 is 11.7 Å². The third-order valence-corrected chi connectivity index (χ3v) is 4.78. The summed E-state index contributed by atoms with van der Waals surface area (Å²) in [5, 5.41) is 0. The molecular weight excluding hydrogens is 318 g/mol. The van der Waals surface area contributed by atoms with Crippen LogP contribution in [0.25, 0.3) is 11.2 Å². The standard InChI is InChI=1S/C18H19N5O2/c1-3-15-19-9-14-16(20-15)23(17(24)21(14)2)18(25)22-10-13(11-22)12-7-5-4-6-8-12/h4-9,13H,3,10-11H2,1-2H3. The second kappa shape index (κ2) is 5.84. The zero-order valence-corrected chi connectivity index (χ0v) is 14.2. The molecule has 0 atom stereocenters. The average Bonchev–Trinajstić information content (AvgIpc) is 2.85. The smallest absolute Gasteiger partial charge is 0.323 e. The fourth-order valence-electron chi connectivity index (χ4n) is 3.20. The molecule has 0 spiro atoms. The Morgan fingerprint density at radius 2 is 1.96 bits per heavy atom. The van der Waals surface area contributed by atoms with E-state index in [1.807, 2.05) is 25.1 Å². The largest absolute Gasteiger partial charge is 0.338 e. The number of imidazole rings is 1. The number of amides is 1. The molecule has 0 bridgehead atoms. The summed E-state index contributed by atoms with van der Waals surface area (Å²) in [6, 6.07) is 9.79. The lowest BCUT2D eigenvalue weighted by atomic mass is 9.92. The minimum atomic E-state index is -0.384. The highest BCUT2D eigenvalue weighted by molar-refractivity contribution is 5.87. The zero-order chi connectivity index (χ0) is 17.6. The first-order valence-electron chi connectivity index (χ1n) is 8.37. The SMILES string of the molecule is CCc1ncc2c(n1)n(C(=O)N1CC(c3ccccc3)C1)c(=O)n2C. The third-order valence-electron chi connectivity index (χ3n) is 4.78. The number of rotatable bonds is 2. The predicted octanol–water partition coefficient (Wildman–Crippen LogP) is 1.76. The first-order chi connectivity index (χ1) is 12.1. The van der Waals surface area contributed by atoms with Gasteiger partial charge in [-0.05, 0) is 5.56 Å². The van der Waals surface area contributed by atoms with Crippen molar-refractivity contribution in [1.29, 1.82) is 0 Å². The summed E-state index contributed by atoms with van der Waals surface area (Å²) in [7, 11) is 1.63. The van der Waals surface area contributed by atoms with Crippen LogP contribution < -0.4 is 5.69 Å². The van der Waals surface area contributed by atoms with Gasteiger partial charge in [0.25, 0.3) is 0 Å². The Labute approximate surface area is 144 Å². The average molecular weight is 337 g/mol. The summed E-state index contributed by atoms with van der Waals surface area (Å²) >= 11 is 0. The van der Waals surface area contributed by atoms with E-state index in [1.54, 1.807) is 18.1 Å². The predicted molar refractivity (Wildman–Crippen MR) is 93.7 cm³/mol. The maximum Gasteiger partial charge on any atom is 0.338 e. The lowest BCUT2D eigenvalue weighted by Gasteiger charge is -2.39. The van der Waals surface area contributed by atoms with Gasteiger partial charge in [-0.2, -0.15) is 4.57 Å². The van der Waals surface area contributed by atoms with Crippen LogP contribution in [0.4, 0.5) is 4.79 Å². The molecule has 1 amide bonds. The van der Waals surface area contributed by atoms with Crippen molar-refractivity contribution in [2.24, 2.45) is 7.05 Å². The Kier molecular flexibility index (Phi) is 3.63. The van der Waals surface area contributed by atoms with Crippen LogP contribution in [0.3, 0.4) is 0 Å². The van der Waals surface area contributed by atoms with E-state index in [9.17, 15) is 9.59 Å². The van der Waals surface area contributed by atoms with Gasteiger partial charge in [-0.25, -0.2) is 19.6 Å². The highest BCUT2D eigenvalue weighted by Gasteiger charge is 2.34. The Morgan fingerprint density at radius 3 is 2.64 bits per heavy atom. The second-order valence-electron chi connectivity index (χ2n) is 6.32. The molecule has 1 aliphatic heterocycles. The van der Waals surface area contributed by atoms with Crippen LogP contribution in [0.1, 0.15) is 24.2 Å². The van der Waals surface area contributed by atoms with Gasteiger partial charge in [-0.3, -0.25) is 4.57 Å². The zero-order valence-electron chi connectivity index (χ0n) is 14.2. The summed E-state index contributed by atoms with van der Waals surface area (Å²) in [5.74, 6) is 0.932. The van der Waals surface area contributed by atoms with Crippen molar-refractivity contribution in [2.75, 3.05) is 13.1 Å². The van der Waals surface area contributed by atoms with Crippen LogP contribution in [-0.2, 0) is 13.5 Å². The van der Waals surface area contributed by atoms with E-state index < -0.39 is 0 Å². The van der Waals surface area contributed by atoms with Crippen molar-refractivity contribution >= 4 is 17.2 Å². The maximum atomic E-state index is 12.9. The highest BCUT2D eigenvalue weighted by Crippen LogP contribution is 2.27. The van der Waals surface area contributed by atoms with E-state index in [0.717, 1.165) is 4.57 Å². The van der Waals surface area contributed by atoms with Crippen LogP contribution in [0.2, 0.25) is 0 Å². The van der Waals surface area contributed by atoms with Crippen molar-refractivity contribution in [2.45, 2.75) is 19.3 Å². The summed E-state index contributed by atoms with van der Waals surface area (Å²) in [6.45, 7) is 3.16. The van der Waals surface area contributed by atoms with Crippen LogP contribution in [0.15, 0.2) is 41.3 Å². The molecular formula is C18H19N5O2. The van der Waals surface area contributed by atoms with Crippen molar-refractivity contribution < 1.29 is 4.79 Å². The van der Waals surface area contributed by atoms with E-state index in [1.165, 1.54) is 10.1 Å². The van der Waals surface area contributed by atoms with Gasteiger partial charge in [0.2, 0.25) is 0 Å². The number of benzene rings is 1. The van der Waals surface area contributed by atoms with Crippen molar-refractivity contribution in [3.63, 3.8) is 0 Å². The molecule has 25 heavy (non-hydrogen) atoms. The normalized spacial score (nSPS) is 14.7. The molecule has 0 radical (unpaired) electrons. The monoisotopic (exact) mass is 337 g/mol. The molecule has 0 saturated carbocycles. The summed E-state index contributed by atoms with van der Waals surface area (Å²) in [4.78, 5) is 35.7. The number of hydrogen-bond donors (Lipinski definition) is 0. The van der Waals surface area contributed by atoms with Crippen molar-refractivity contribution in [3.05, 3.63) is 58.4 Å². The first-order valence-corrected chi connectivity index (χ1v) is 8.37. The van der Waals surface area contributed by atoms with E-state index in [-0.39, 0.29) is 11.7 Å². The minimum Gasteiger partial charge on any atom is -0.323 e. The van der Waals surface area contributed by atoms with Gasteiger partial charge in [-0.15, -0.1) is 0 Å². The third kappa shape index (κ3) is 2.43. The summed E-state index contributed by atoms with van der Waals surface area (Å²) in [5.41, 5.74) is 1.78. The van der Waals surface area contributed by atoms with E-state index in [2.05, 4.69) is 22.1 Å². The Morgan fingerprint density at radius 1 is 1.24 bits per heavy atom. The molecule has 7 heteroatoms. The first kappa shape index (κ1) is 15.6. The lowest BCUT2D eigenvalue weighted by molar-refractivity contribution is 0.152. The van der Waals surface area contributed by atoms with Gasteiger partial charge < -0.3 is 4.90 Å². The number of aromatic nitrogens is 4. The molecule has 0 unspecified atom stereocenters. The van der Waals surface area contributed by atoms with Gasteiger partial charge in [0.1, 0.15) is 11.3 Å². The fourth-order valence-corrected chi connectivity index (χ4v) is 3.20. The molecule has 0 aliphatic carbocycles. The Hall–Kier alpha value is -2.96.